The van der Waals surface area contributed by atoms with Gasteiger partial charge in [-0.25, -0.2) is 9.97 Å². The number of benzene rings is 2. The predicted octanol–water partition coefficient (Wildman–Crippen LogP) is 2.40. The standard InChI is InChI=1S/C19H21N3O2/c1-14-6-8-15(9-7-14)18-20-17-5-3-2-4-16(17)19(21-18)22(10-12-23)11-13-24/h2-9,23-24H,10-13H2,1H3. The fraction of sp³-hybridized carbons (Fsp3) is 0.263. The lowest BCUT2D eigenvalue weighted by Gasteiger charge is -2.23. The van der Waals surface area contributed by atoms with Crippen LogP contribution in [0, 0.1) is 6.92 Å². The second kappa shape index (κ2) is 7.38. The number of aliphatic hydroxyl groups is 2. The minimum absolute atomic E-state index is 0.00179. The highest BCUT2D eigenvalue weighted by atomic mass is 16.3. The zero-order chi connectivity index (χ0) is 16.9. The monoisotopic (exact) mass is 323 g/mol. The molecular formula is C19H21N3O2. The van der Waals surface area contributed by atoms with Crippen LogP contribution in [0.5, 0.6) is 0 Å². The van der Waals surface area contributed by atoms with Gasteiger partial charge in [0, 0.05) is 24.0 Å². The van der Waals surface area contributed by atoms with Gasteiger partial charge in [-0.3, -0.25) is 0 Å². The smallest absolute Gasteiger partial charge is 0.162 e. The number of para-hydroxylation sites is 1. The van der Waals surface area contributed by atoms with Crippen LogP contribution < -0.4 is 4.90 Å². The average molecular weight is 323 g/mol. The summed E-state index contributed by atoms with van der Waals surface area (Å²) in [6.45, 7) is 2.86. The molecule has 1 heterocycles. The maximum Gasteiger partial charge on any atom is 0.162 e. The molecule has 2 N–H and O–H groups in total. The summed E-state index contributed by atoms with van der Waals surface area (Å²) in [5, 5.41) is 19.6. The van der Waals surface area contributed by atoms with E-state index in [1.165, 1.54) is 5.56 Å². The molecule has 0 saturated heterocycles. The first-order chi connectivity index (χ1) is 11.7. The topological polar surface area (TPSA) is 69.5 Å². The zero-order valence-electron chi connectivity index (χ0n) is 13.7. The lowest BCUT2D eigenvalue weighted by Crippen LogP contribution is -2.30. The van der Waals surface area contributed by atoms with Gasteiger partial charge in [0.2, 0.25) is 0 Å². The largest absolute Gasteiger partial charge is 0.395 e. The lowest BCUT2D eigenvalue weighted by molar-refractivity contribution is 0.281. The average Bonchev–Trinajstić information content (AvgIpc) is 2.61. The molecule has 1 aromatic heterocycles. The molecule has 0 aliphatic carbocycles. The molecule has 3 rings (SSSR count). The van der Waals surface area contributed by atoms with Crippen LogP contribution in [0.25, 0.3) is 22.3 Å². The van der Waals surface area contributed by atoms with Crippen molar-refractivity contribution in [3.05, 3.63) is 54.1 Å². The first kappa shape index (κ1) is 16.4. The van der Waals surface area contributed by atoms with Gasteiger partial charge in [0.15, 0.2) is 5.82 Å². The van der Waals surface area contributed by atoms with Crippen molar-refractivity contribution >= 4 is 16.7 Å². The van der Waals surface area contributed by atoms with Crippen molar-refractivity contribution in [2.75, 3.05) is 31.2 Å². The number of rotatable bonds is 6. The summed E-state index contributed by atoms with van der Waals surface area (Å²) in [7, 11) is 0. The van der Waals surface area contributed by atoms with E-state index >= 15 is 0 Å². The first-order valence-corrected chi connectivity index (χ1v) is 8.03. The Hall–Kier alpha value is -2.50. The Kier molecular flexibility index (Phi) is 5.03. The van der Waals surface area contributed by atoms with Crippen molar-refractivity contribution in [3.63, 3.8) is 0 Å². The van der Waals surface area contributed by atoms with Crippen molar-refractivity contribution < 1.29 is 10.2 Å². The van der Waals surface area contributed by atoms with Crippen molar-refractivity contribution in [2.45, 2.75) is 6.92 Å². The van der Waals surface area contributed by atoms with Crippen LogP contribution in [-0.4, -0.2) is 46.5 Å². The fourth-order valence-electron chi connectivity index (χ4n) is 2.70. The van der Waals surface area contributed by atoms with E-state index in [9.17, 15) is 10.2 Å². The third-order valence-electron chi connectivity index (χ3n) is 3.93. The summed E-state index contributed by atoms with van der Waals surface area (Å²) in [6.07, 6.45) is 0. The maximum absolute atomic E-state index is 9.35. The van der Waals surface area contributed by atoms with Crippen LogP contribution in [0.4, 0.5) is 5.82 Å². The number of hydrogen-bond donors (Lipinski definition) is 2. The van der Waals surface area contributed by atoms with E-state index in [0.29, 0.717) is 18.9 Å². The van der Waals surface area contributed by atoms with E-state index in [0.717, 1.165) is 22.3 Å². The van der Waals surface area contributed by atoms with Gasteiger partial charge in [-0.15, -0.1) is 0 Å². The van der Waals surface area contributed by atoms with E-state index in [-0.39, 0.29) is 13.2 Å². The molecule has 0 atom stereocenters. The molecule has 124 valence electrons. The Balaban J connectivity index is 2.16. The van der Waals surface area contributed by atoms with Crippen LogP contribution in [-0.2, 0) is 0 Å². The van der Waals surface area contributed by atoms with Crippen molar-refractivity contribution in [1.82, 2.24) is 9.97 Å². The highest BCUT2D eigenvalue weighted by Gasteiger charge is 2.14. The number of fused-ring (bicyclic) bond motifs is 1. The molecule has 0 aliphatic heterocycles. The van der Waals surface area contributed by atoms with Crippen molar-refractivity contribution in [1.29, 1.82) is 0 Å². The van der Waals surface area contributed by atoms with Gasteiger partial charge in [-0.1, -0.05) is 42.0 Å². The molecule has 0 amide bonds. The van der Waals surface area contributed by atoms with Crippen LogP contribution >= 0.6 is 0 Å². The predicted molar refractivity (Wildman–Crippen MR) is 96.1 cm³/mol. The zero-order valence-corrected chi connectivity index (χ0v) is 13.7. The van der Waals surface area contributed by atoms with Gasteiger partial charge in [0.25, 0.3) is 0 Å². The Labute approximate surface area is 141 Å². The van der Waals surface area contributed by atoms with E-state index in [1.54, 1.807) is 0 Å². The Morgan fingerprint density at radius 2 is 1.54 bits per heavy atom. The van der Waals surface area contributed by atoms with Gasteiger partial charge in [-0.2, -0.15) is 0 Å². The molecule has 0 saturated carbocycles. The second-order valence-corrected chi connectivity index (χ2v) is 5.69. The number of aromatic nitrogens is 2. The highest BCUT2D eigenvalue weighted by Crippen LogP contribution is 2.27. The minimum Gasteiger partial charge on any atom is -0.395 e. The molecule has 24 heavy (non-hydrogen) atoms. The first-order valence-electron chi connectivity index (χ1n) is 8.03. The van der Waals surface area contributed by atoms with Crippen LogP contribution in [0.2, 0.25) is 0 Å². The Bertz CT molecular complexity index is 812. The number of aryl methyl sites for hydroxylation is 1. The molecule has 2 aromatic carbocycles. The van der Waals surface area contributed by atoms with Gasteiger partial charge in [0.1, 0.15) is 5.82 Å². The summed E-state index contributed by atoms with van der Waals surface area (Å²) in [5.74, 6) is 1.38. The van der Waals surface area contributed by atoms with Crippen LogP contribution in [0.3, 0.4) is 0 Å². The van der Waals surface area contributed by atoms with Crippen molar-refractivity contribution in [2.24, 2.45) is 0 Å². The third kappa shape index (κ3) is 3.37. The molecule has 0 radical (unpaired) electrons. The molecule has 0 aliphatic rings. The fourth-order valence-corrected chi connectivity index (χ4v) is 2.70. The SMILES string of the molecule is Cc1ccc(-c2nc(N(CCO)CCO)c3ccccc3n2)cc1. The number of nitrogens with zero attached hydrogens (tertiary/aromatic N) is 3. The molecule has 0 spiro atoms. The molecule has 0 unspecified atom stereocenters. The van der Waals surface area contributed by atoms with Crippen LogP contribution in [0.1, 0.15) is 5.56 Å². The molecule has 3 aromatic rings. The number of hydrogen-bond acceptors (Lipinski definition) is 5. The Morgan fingerprint density at radius 3 is 2.21 bits per heavy atom. The molecule has 0 bridgehead atoms. The van der Waals surface area contributed by atoms with E-state index in [4.69, 9.17) is 4.98 Å². The highest BCUT2D eigenvalue weighted by molar-refractivity contribution is 5.91. The third-order valence-corrected chi connectivity index (χ3v) is 3.93. The summed E-state index contributed by atoms with van der Waals surface area (Å²) in [4.78, 5) is 11.3. The van der Waals surface area contributed by atoms with E-state index < -0.39 is 0 Å². The van der Waals surface area contributed by atoms with Gasteiger partial charge < -0.3 is 15.1 Å². The molecular weight excluding hydrogens is 302 g/mol. The summed E-state index contributed by atoms with van der Waals surface area (Å²) in [5.41, 5.74) is 2.97. The lowest BCUT2D eigenvalue weighted by atomic mass is 10.1. The van der Waals surface area contributed by atoms with Gasteiger partial charge in [0.05, 0.1) is 18.7 Å². The number of aliphatic hydroxyl groups excluding tert-OH is 2. The van der Waals surface area contributed by atoms with Gasteiger partial charge >= 0.3 is 0 Å². The Morgan fingerprint density at radius 1 is 0.875 bits per heavy atom. The summed E-state index contributed by atoms with van der Waals surface area (Å²) < 4.78 is 0. The van der Waals surface area contributed by atoms with Crippen molar-refractivity contribution in [3.8, 4) is 11.4 Å². The molecule has 0 fully saturated rings. The summed E-state index contributed by atoms with van der Waals surface area (Å²) >= 11 is 0. The molecule has 5 heteroatoms. The normalized spacial score (nSPS) is 11.0. The summed E-state index contributed by atoms with van der Waals surface area (Å²) in [6, 6.07) is 15.9. The quantitative estimate of drug-likeness (QED) is 0.729. The number of anilines is 1. The van der Waals surface area contributed by atoms with E-state index in [1.807, 2.05) is 60.4 Å². The minimum atomic E-state index is -0.00179. The van der Waals surface area contributed by atoms with E-state index in [2.05, 4.69) is 4.98 Å². The van der Waals surface area contributed by atoms with Gasteiger partial charge in [-0.05, 0) is 19.1 Å². The second-order valence-electron chi connectivity index (χ2n) is 5.69. The molecule has 5 nitrogen and oxygen atoms in total. The maximum atomic E-state index is 9.35. The van der Waals surface area contributed by atoms with Crippen LogP contribution in [0.15, 0.2) is 48.5 Å².